The van der Waals surface area contributed by atoms with Gasteiger partial charge in [0.1, 0.15) is 11.6 Å². The SMILES string of the molecule is CCCNc1nc(C)cc(N2CCc3ccc(F)cc32)n1. The van der Waals surface area contributed by atoms with Gasteiger partial charge in [-0.15, -0.1) is 0 Å². The summed E-state index contributed by atoms with van der Waals surface area (Å²) >= 11 is 0. The van der Waals surface area contributed by atoms with Crippen LogP contribution >= 0.6 is 0 Å². The van der Waals surface area contributed by atoms with Gasteiger partial charge in [0.05, 0.1) is 0 Å². The molecule has 0 fully saturated rings. The Morgan fingerprint density at radius 2 is 2.14 bits per heavy atom. The minimum atomic E-state index is -0.212. The van der Waals surface area contributed by atoms with E-state index in [4.69, 9.17) is 0 Å². The second-order valence-corrected chi connectivity index (χ2v) is 5.29. The third-order valence-electron chi connectivity index (χ3n) is 3.59. The molecule has 0 radical (unpaired) electrons. The second kappa shape index (κ2) is 5.68. The van der Waals surface area contributed by atoms with Gasteiger partial charge in [0.2, 0.25) is 5.95 Å². The molecule has 1 aromatic heterocycles. The van der Waals surface area contributed by atoms with Crippen LogP contribution in [0, 0.1) is 12.7 Å². The number of aryl methyl sites for hydroxylation is 1. The van der Waals surface area contributed by atoms with Crippen molar-refractivity contribution in [1.29, 1.82) is 0 Å². The van der Waals surface area contributed by atoms with Crippen LogP contribution in [0.4, 0.5) is 21.8 Å². The number of hydrogen-bond acceptors (Lipinski definition) is 4. The van der Waals surface area contributed by atoms with Crippen molar-refractivity contribution in [2.75, 3.05) is 23.3 Å². The van der Waals surface area contributed by atoms with E-state index in [9.17, 15) is 4.39 Å². The molecule has 3 rings (SSSR count). The number of anilines is 3. The summed E-state index contributed by atoms with van der Waals surface area (Å²) in [5.74, 6) is 1.25. The van der Waals surface area contributed by atoms with Crippen molar-refractivity contribution in [1.82, 2.24) is 9.97 Å². The topological polar surface area (TPSA) is 41.1 Å². The van der Waals surface area contributed by atoms with Crippen LogP contribution in [0.15, 0.2) is 24.3 Å². The molecular formula is C16H19FN4. The highest BCUT2D eigenvalue weighted by atomic mass is 19.1. The van der Waals surface area contributed by atoms with E-state index in [-0.39, 0.29) is 5.82 Å². The lowest BCUT2D eigenvalue weighted by molar-refractivity contribution is 0.628. The first-order valence-corrected chi connectivity index (χ1v) is 7.33. The third-order valence-corrected chi connectivity index (χ3v) is 3.59. The molecule has 0 unspecified atom stereocenters. The summed E-state index contributed by atoms with van der Waals surface area (Å²) in [6.45, 7) is 5.71. The molecule has 1 aliphatic rings. The van der Waals surface area contributed by atoms with Crippen molar-refractivity contribution in [2.24, 2.45) is 0 Å². The molecule has 0 spiro atoms. The van der Waals surface area contributed by atoms with Gasteiger partial charge in [-0.25, -0.2) is 9.37 Å². The van der Waals surface area contributed by atoms with Crippen molar-refractivity contribution in [2.45, 2.75) is 26.7 Å². The maximum atomic E-state index is 13.5. The molecule has 0 saturated heterocycles. The first kappa shape index (κ1) is 13.8. The number of fused-ring (bicyclic) bond motifs is 1. The molecule has 0 amide bonds. The predicted molar refractivity (Wildman–Crippen MR) is 82.7 cm³/mol. The van der Waals surface area contributed by atoms with Crippen LogP contribution in [0.3, 0.4) is 0 Å². The molecule has 0 saturated carbocycles. The fourth-order valence-electron chi connectivity index (χ4n) is 2.60. The molecule has 1 N–H and O–H groups in total. The highest BCUT2D eigenvalue weighted by Gasteiger charge is 2.22. The summed E-state index contributed by atoms with van der Waals surface area (Å²) in [7, 11) is 0. The van der Waals surface area contributed by atoms with Crippen molar-refractivity contribution in [3.8, 4) is 0 Å². The van der Waals surface area contributed by atoms with Gasteiger partial charge < -0.3 is 10.2 Å². The molecule has 110 valence electrons. The van der Waals surface area contributed by atoms with Crippen molar-refractivity contribution >= 4 is 17.5 Å². The monoisotopic (exact) mass is 286 g/mol. The van der Waals surface area contributed by atoms with Gasteiger partial charge >= 0.3 is 0 Å². The Bertz CT molecular complexity index is 657. The number of aromatic nitrogens is 2. The summed E-state index contributed by atoms with van der Waals surface area (Å²) < 4.78 is 13.5. The minimum Gasteiger partial charge on any atom is -0.354 e. The molecule has 2 heterocycles. The van der Waals surface area contributed by atoms with E-state index in [2.05, 4.69) is 27.1 Å². The quantitative estimate of drug-likeness (QED) is 0.934. The van der Waals surface area contributed by atoms with Crippen molar-refractivity contribution in [3.63, 3.8) is 0 Å². The molecule has 0 atom stereocenters. The molecule has 1 aromatic carbocycles. The van der Waals surface area contributed by atoms with Crippen LogP contribution in [0.2, 0.25) is 0 Å². The highest BCUT2D eigenvalue weighted by Crippen LogP contribution is 2.34. The van der Waals surface area contributed by atoms with Gasteiger partial charge in [-0.3, -0.25) is 0 Å². The Hall–Kier alpha value is -2.17. The third kappa shape index (κ3) is 2.82. The van der Waals surface area contributed by atoms with E-state index >= 15 is 0 Å². The van der Waals surface area contributed by atoms with Gasteiger partial charge in [0.25, 0.3) is 0 Å². The van der Waals surface area contributed by atoms with Gasteiger partial charge in [-0.1, -0.05) is 13.0 Å². The Morgan fingerprint density at radius 3 is 2.95 bits per heavy atom. The molecular weight excluding hydrogens is 267 g/mol. The number of hydrogen-bond donors (Lipinski definition) is 1. The molecule has 0 bridgehead atoms. The van der Waals surface area contributed by atoms with Crippen LogP contribution in [-0.2, 0) is 6.42 Å². The maximum Gasteiger partial charge on any atom is 0.224 e. The summed E-state index contributed by atoms with van der Waals surface area (Å²) in [5.41, 5.74) is 2.98. The van der Waals surface area contributed by atoms with Crippen LogP contribution in [0.1, 0.15) is 24.6 Å². The van der Waals surface area contributed by atoms with E-state index in [1.54, 1.807) is 6.07 Å². The molecule has 0 aliphatic carbocycles. The Kier molecular flexibility index (Phi) is 3.73. The fourth-order valence-corrected chi connectivity index (χ4v) is 2.60. The van der Waals surface area contributed by atoms with Crippen LogP contribution in [-0.4, -0.2) is 23.1 Å². The zero-order valence-corrected chi connectivity index (χ0v) is 12.4. The summed E-state index contributed by atoms with van der Waals surface area (Å²) in [6.07, 6.45) is 1.93. The van der Waals surface area contributed by atoms with Gasteiger partial charge in [-0.2, -0.15) is 4.98 Å². The van der Waals surface area contributed by atoms with Crippen LogP contribution in [0.5, 0.6) is 0 Å². The maximum absolute atomic E-state index is 13.5. The Balaban J connectivity index is 1.95. The number of nitrogens with zero attached hydrogens (tertiary/aromatic N) is 3. The average Bonchev–Trinajstić information content (AvgIpc) is 2.87. The normalized spacial score (nSPS) is 13.4. The summed E-state index contributed by atoms with van der Waals surface area (Å²) in [5, 5.41) is 3.21. The summed E-state index contributed by atoms with van der Waals surface area (Å²) in [4.78, 5) is 11.0. The van der Waals surface area contributed by atoms with E-state index < -0.39 is 0 Å². The lowest BCUT2D eigenvalue weighted by Gasteiger charge is -2.19. The first-order chi connectivity index (χ1) is 10.2. The van der Waals surface area contributed by atoms with Crippen molar-refractivity contribution < 1.29 is 4.39 Å². The first-order valence-electron chi connectivity index (χ1n) is 7.33. The summed E-state index contributed by atoms with van der Waals surface area (Å²) in [6, 6.07) is 6.90. The number of halogens is 1. The lowest BCUT2D eigenvalue weighted by Crippen LogP contribution is -2.17. The predicted octanol–water partition coefficient (Wildman–Crippen LogP) is 3.44. The van der Waals surface area contributed by atoms with Crippen LogP contribution < -0.4 is 10.2 Å². The van der Waals surface area contributed by atoms with E-state index in [0.29, 0.717) is 5.95 Å². The second-order valence-electron chi connectivity index (χ2n) is 5.29. The van der Waals surface area contributed by atoms with E-state index in [0.717, 1.165) is 48.7 Å². The van der Waals surface area contributed by atoms with Gasteiger partial charge in [-0.05, 0) is 37.5 Å². The minimum absolute atomic E-state index is 0.212. The Morgan fingerprint density at radius 1 is 1.29 bits per heavy atom. The lowest BCUT2D eigenvalue weighted by atomic mass is 10.2. The fraction of sp³-hybridized carbons (Fsp3) is 0.375. The number of rotatable bonds is 4. The van der Waals surface area contributed by atoms with E-state index in [1.165, 1.54) is 6.07 Å². The zero-order valence-electron chi connectivity index (χ0n) is 12.4. The zero-order chi connectivity index (χ0) is 14.8. The van der Waals surface area contributed by atoms with Crippen LogP contribution in [0.25, 0.3) is 0 Å². The molecule has 5 heteroatoms. The van der Waals surface area contributed by atoms with Crippen molar-refractivity contribution in [3.05, 3.63) is 41.3 Å². The largest absolute Gasteiger partial charge is 0.354 e. The Labute approximate surface area is 124 Å². The highest BCUT2D eigenvalue weighted by molar-refractivity contribution is 5.68. The van der Waals surface area contributed by atoms with Gasteiger partial charge in [0.15, 0.2) is 0 Å². The molecule has 1 aliphatic heterocycles. The molecule has 2 aromatic rings. The van der Waals surface area contributed by atoms with Gasteiger partial charge in [0, 0.05) is 30.5 Å². The molecule has 21 heavy (non-hydrogen) atoms. The van der Waals surface area contributed by atoms with E-state index in [1.807, 2.05) is 19.1 Å². The molecule has 4 nitrogen and oxygen atoms in total. The number of benzene rings is 1. The smallest absolute Gasteiger partial charge is 0.224 e. The number of nitrogens with one attached hydrogen (secondary N) is 1. The average molecular weight is 286 g/mol. The standard InChI is InChI=1S/C16H19FN4/c1-3-7-18-16-19-11(2)9-15(20-16)21-8-6-12-4-5-13(17)10-14(12)21/h4-5,9-10H,3,6-8H2,1-2H3,(H,18,19,20).